The third-order valence-electron chi connectivity index (χ3n) is 4.23. The summed E-state index contributed by atoms with van der Waals surface area (Å²) in [4.78, 5) is 7.16. The molecule has 1 heterocycles. The van der Waals surface area contributed by atoms with Gasteiger partial charge in [-0.1, -0.05) is 18.2 Å². The fourth-order valence-electron chi connectivity index (χ4n) is 2.71. The van der Waals surface area contributed by atoms with E-state index in [0.717, 1.165) is 23.8 Å². The summed E-state index contributed by atoms with van der Waals surface area (Å²) in [6, 6.07) is 10.9. The van der Waals surface area contributed by atoms with Crippen molar-refractivity contribution in [2.45, 2.75) is 39.3 Å². The monoisotopic (exact) mass is 284 g/mol. The number of fused-ring (bicyclic) bond motifs is 1. The van der Waals surface area contributed by atoms with E-state index < -0.39 is 0 Å². The molecule has 4 nitrogen and oxygen atoms in total. The Balaban J connectivity index is 1.89. The highest BCUT2D eigenvalue weighted by Crippen LogP contribution is 2.31. The zero-order valence-electron chi connectivity index (χ0n) is 12.8. The lowest BCUT2D eigenvalue weighted by Crippen LogP contribution is -2.32. The number of rotatable bonds is 6. The minimum atomic E-state index is 0.530. The minimum Gasteiger partial charge on any atom is -0.308 e. The summed E-state index contributed by atoms with van der Waals surface area (Å²) in [5.41, 5.74) is 4.91. The second-order valence-electron chi connectivity index (χ2n) is 6.30. The molecular weight excluding hydrogens is 260 g/mol. The molecule has 3 N–H and O–H groups in total. The Morgan fingerprint density at radius 3 is 2.76 bits per heavy atom. The average Bonchev–Trinajstić information content (AvgIpc) is 3.29. The van der Waals surface area contributed by atoms with Gasteiger partial charge in [0.2, 0.25) is 0 Å². The number of aromatic nitrogens is 1. The van der Waals surface area contributed by atoms with Crippen molar-refractivity contribution in [2.24, 2.45) is 11.8 Å². The number of hydrazine groups is 1. The lowest BCUT2D eigenvalue weighted by molar-refractivity contribution is 0.204. The predicted octanol–water partition coefficient (Wildman–Crippen LogP) is 3.14. The SMILES string of the molecule is CC(C)N(Cc1cc2ccccc2nc1NN)CC1CC1. The van der Waals surface area contributed by atoms with E-state index >= 15 is 0 Å². The molecule has 0 unspecified atom stereocenters. The van der Waals surface area contributed by atoms with Crippen molar-refractivity contribution in [3.8, 4) is 0 Å². The van der Waals surface area contributed by atoms with Gasteiger partial charge in [0.25, 0.3) is 0 Å². The summed E-state index contributed by atoms with van der Waals surface area (Å²) in [7, 11) is 0. The molecule has 21 heavy (non-hydrogen) atoms. The Hall–Kier alpha value is -1.65. The molecule has 1 aliphatic rings. The van der Waals surface area contributed by atoms with E-state index in [1.165, 1.54) is 30.3 Å². The molecule has 3 rings (SSSR count). The van der Waals surface area contributed by atoms with Crippen LogP contribution in [0.4, 0.5) is 5.82 Å². The Morgan fingerprint density at radius 1 is 1.33 bits per heavy atom. The van der Waals surface area contributed by atoms with Crippen molar-refractivity contribution in [3.63, 3.8) is 0 Å². The Kier molecular flexibility index (Phi) is 4.08. The summed E-state index contributed by atoms with van der Waals surface area (Å²) in [5.74, 6) is 7.35. The van der Waals surface area contributed by atoms with Crippen LogP contribution in [0.5, 0.6) is 0 Å². The summed E-state index contributed by atoms with van der Waals surface area (Å²) in [5, 5.41) is 1.17. The van der Waals surface area contributed by atoms with Crippen LogP contribution in [0.3, 0.4) is 0 Å². The molecule has 4 heteroatoms. The van der Waals surface area contributed by atoms with Gasteiger partial charge in [-0.3, -0.25) is 4.90 Å². The normalized spacial score (nSPS) is 15.1. The highest BCUT2D eigenvalue weighted by atomic mass is 15.3. The largest absolute Gasteiger partial charge is 0.308 e. The van der Waals surface area contributed by atoms with Gasteiger partial charge < -0.3 is 5.43 Å². The third-order valence-corrected chi connectivity index (χ3v) is 4.23. The van der Waals surface area contributed by atoms with E-state index in [2.05, 4.69) is 41.3 Å². The molecule has 0 atom stereocenters. The van der Waals surface area contributed by atoms with Crippen molar-refractivity contribution in [3.05, 3.63) is 35.9 Å². The van der Waals surface area contributed by atoms with Crippen LogP contribution in [-0.4, -0.2) is 22.5 Å². The Morgan fingerprint density at radius 2 is 2.10 bits per heavy atom. The highest BCUT2D eigenvalue weighted by Gasteiger charge is 2.26. The van der Waals surface area contributed by atoms with Gasteiger partial charge in [0.1, 0.15) is 5.82 Å². The number of hydrogen-bond acceptors (Lipinski definition) is 4. The number of nitrogens with one attached hydrogen (secondary N) is 1. The van der Waals surface area contributed by atoms with Crippen LogP contribution in [0.25, 0.3) is 10.9 Å². The number of benzene rings is 1. The number of nitrogens with zero attached hydrogens (tertiary/aromatic N) is 2. The molecule has 0 aliphatic heterocycles. The van der Waals surface area contributed by atoms with Crippen molar-refractivity contribution >= 4 is 16.7 Å². The van der Waals surface area contributed by atoms with E-state index in [-0.39, 0.29) is 0 Å². The summed E-state index contributed by atoms with van der Waals surface area (Å²) >= 11 is 0. The van der Waals surface area contributed by atoms with Gasteiger partial charge in [-0.25, -0.2) is 10.8 Å². The first-order valence-corrected chi connectivity index (χ1v) is 7.76. The van der Waals surface area contributed by atoms with Crippen LogP contribution in [0, 0.1) is 5.92 Å². The first-order chi connectivity index (χ1) is 10.2. The van der Waals surface area contributed by atoms with E-state index in [9.17, 15) is 0 Å². The molecule has 1 aromatic carbocycles. The van der Waals surface area contributed by atoms with E-state index in [1.807, 2.05) is 18.2 Å². The predicted molar refractivity (Wildman–Crippen MR) is 87.8 cm³/mol. The number of hydrogen-bond donors (Lipinski definition) is 2. The molecule has 1 aliphatic carbocycles. The smallest absolute Gasteiger partial charge is 0.145 e. The maximum Gasteiger partial charge on any atom is 0.145 e. The molecule has 2 aromatic rings. The Bertz CT molecular complexity index is 619. The van der Waals surface area contributed by atoms with Gasteiger partial charge in [-0.2, -0.15) is 0 Å². The summed E-state index contributed by atoms with van der Waals surface area (Å²) in [6.45, 7) is 6.58. The van der Waals surface area contributed by atoms with Crippen molar-refractivity contribution < 1.29 is 0 Å². The molecule has 0 saturated heterocycles. The molecule has 0 amide bonds. The first kappa shape index (κ1) is 14.3. The van der Waals surface area contributed by atoms with Gasteiger partial charge in [0.15, 0.2) is 0 Å². The number of nitrogen functional groups attached to an aromatic ring is 1. The molecule has 1 aromatic heterocycles. The standard InChI is InChI=1S/C17H24N4/c1-12(2)21(10-13-7-8-13)11-15-9-14-5-3-4-6-16(14)19-17(15)20-18/h3-6,9,12-13H,7-8,10-11,18H2,1-2H3,(H,19,20). The van der Waals surface area contributed by atoms with Gasteiger partial charge in [-0.15, -0.1) is 0 Å². The van der Waals surface area contributed by atoms with E-state index in [1.54, 1.807) is 0 Å². The number of nitrogens with two attached hydrogens (primary N) is 1. The summed E-state index contributed by atoms with van der Waals surface area (Å²) in [6.07, 6.45) is 2.75. The molecule has 0 spiro atoms. The van der Waals surface area contributed by atoms with Crippen LogP contribution in [0.1, 0.15) is 32.3 Å². The van der Waals surface area contributed by atoms with Gasteiger partial charge in [0, 0.05) is 30.1 Å². The van der Waals surface area contributed by atoms with Crippen molar-refractivity contribution in [1.82, 2.24) is 9.88 Å². The maximum absolute atomic E-state index is 5.68. The highest BCUT2D eigenvalue weighted by molar-refractivity contribution is 5.81. The van der Waals surface area contributed by atoms with E-state index in [4.69, 9.17) is 5.84 Å². The number of anilines is 1. The fraction of sp³-hybridized carbons (Fsp3) is 0.471. The van der Waals surface area contributed by atoms with Gasteiger partial charge in [0.05, 0.1) is 5.52 Å². The summed E-state index contributed by atoms with van der Waals surface area (Å²) < 4.78 is 0. The quantitative estimate of drug-likeness (QED) is 0.632. The second-order valence-corrected chi connectivity index (χ2v) is 6.30. The zero-order valence-corrected chi connectivity index (χ0v) is 12.8. The van der Waals surface area contributed by atoms with Crippen LogP contribution in [0.2, 0.25) is 0 Å². The van der Waals surface area contributed by atoms with Gasteiger partial charge in [-0.05, 0) is 44.7 Å². The average molecular weight is 284 g/mol. The van der Waals surface area contributed by atoms with Crippen LogP contribution < -0.4 is 11.3 Å². The van der Waals surface area contributed by atoms with Crippen molar-refractivity contribution in [1.29, 1.82) is 0 Å². The van der Waals surface area contributed by atoms with E-state index in [0.29, 0.717) is 6.04 Å². The van der Waals surface area contributed by atoms with Crippen LogP contribution in [0.15, 0.2) is 30.3 Å². The zero-order chi connectivity index (χ0) is 14.8. The Labute approximate surface area is 126 Å². The third kappa shape index (κ3) is 3.34. The molecule has 0 radical (unpaired) electrons. The minimum absolute atomic E-state index is 0.530. The fourth-order valence-corrected chi connectivity index (χ4v) is 2.71. The van der Waals surface area contributed by atoms with Crippen LogP contribution in [-0.2, 0) is 6.54 Å². The number of para-hydroxylation sites is 1. The molecular formula is C17H24N4. The first-order valence-electron chi connectivity index (χ1n) is 7.76. The molecule has 1 fully saturated rings. The van der Waals surface area contributed by atoms with Crippen LogP contribution >= 0.6 is 0 Å². The second kappa shape index (κ2) is 6.00. The van der Waals surface area contributed by atoms with Gasteiger partial charge >= 0.3 is 0 Å². The maximum atomic E-state index is 5.68. The molecule has 0 bridgehead atoms. The lowest BCUT2D eigenvalue weighted by Gasteiger charge is -2.27. The molecule has 1 saturated carbocycles. The molecule has 112 valence electrons. The number of pyridine rings is 1. The van der Waals surface area contributed by atoms with Crippen molar-refractivity contribution in [2.75, 3.05) is 12.0 Å². The topological polar surface area (TPSA) is 54.2 Å². The lowest BCUT2D eigenvalue weighted by atomic mass is 10.1.